The van der Waals surface area contributed by atoms with Gasteiger partial charge in [-0.25, -0.2) is 13.8 Å². The zero-order valence-corrected chi connectivity index (χ0v) is 12.4. The Hall–Kier alpha value is -2.24. The lowest BCUT2D eigenvalue weighted by molar-refractivity contribution is 0.580. The molecule has 1 aliphatic carbocycles. The van der Waals surface area contributed by atoms with Crippen molar-refractivity contribution in [2.24, 2.45) is 0 Å². The largest absolute Gasteiger partial charge is 0.366 e. The molecule has 0 bridgehead atoms. The first-order valence-electron chi connectivity index (χ1n) is 7.45. The van der Waals surface area contributed by atoms with Gasteiger partial charge in [-0.05, 0) is 37.5 Å². The van der Waals surface area contributed by atoms with E-state index < -0.39 is 11.6 Å². The zero-order valence-electron chi connectivity index (χ0n) is 12.4. The van der Waals surface area contributed by atoms with Crippen molar-refractivity contribution in [3.05, 3.63) is 47.2 Å². The molecule has 0 spiro atoms. The van der Waals surface area contributed by atoms with E-state index in [2.05, 4.69) is 20.6 Å². The minimum atomic E-state index is -0.577. The van der Waals surface area contributed by atoms with Gasteiger partial charge in [-0.1, -0.05) is 0 Å². The molecular weight excluding hydrogens is 286 g/mol. The van der Waals surface area contributed by atoms with Crippen LogP contribution in [0.2, 0.25) is 0 Å². The molecular formula is C16H18F2N4. The molecule has 2 N–H and O–H groups in total. The van der Waals surface area contributed by atoms with Crippen LogP contribution < -0.4 is 10.6 Å². The summed E-state index contributed by atoms with van der Waals surface area (Å²) in [6.07, 6.45) is 2.30. The normalized spacial score (nSPS) is 14.0. The molecule has 0 saturated heterocycles. The third-order valence-electron chi connectivity index (χ3n) is 3.47. The summed E-state index contributed by atoms with van der Waals surface area (Å²) in [7, 11) is 0. The summed E-state index contributed by atoms with van der Waals surface area (Å²) in [4.78, 5) is 8.86. The second-order valence-electron chi connectivity index (χ2n) is 5.44. The van der Waals surface area contributed by atoms with Crippen LogP contribution >= 0.6 is 0 Å². The van der Waals surface area contributed by atoms with Gasteiger partial charge in [-0.2, -0.15) is 4.98 Å². The second-order valence-corrected chi connectivity index (χ2v) is 5.44. The van der Waals surface area contributed by atoms with Gasteiger partial charge in [0.05, 0.1) is 5.69 Å². The molecule has 1 aliphatic rings. The SMILES string of the molecule is CCNc1nc(NCc2cc(F)cc(F)c2)cc(C2CC2)n1. The van der Waals surface area contributed by atoms with Crippen LogP contribution in [0, 0.1) is 11.6 Å². The number of anilines is 2. The number of hydrogen-bond donors (Lipinski definition) is 2. The van der Waals surface area contributed by atoms with E-state index in [0.29, 0.717) is 29.8 Å². The molecule has 0 amide bonds. The van der Waals surface area contributed by atoms with Crippen molar-refractivity contribution in [3.63, 3.8) is 0 Å². The fraction of sp³-hybridized carbons (Fsp3) is 0.375. The smallest absolute Gasteiger partial charge is 0.224 e. The van der Waals surface area contributed by atoms with E-state index >= 15 is 0 Å². The number of rotatable bonds is 6. The van der Waals surface area contributed by atoms with E-state index in [-0.39, 0.29) is 0 Å². The number of halogens is 2. The van der Waals surface area contributed by atoms with E-state index in [4.69, 9.17) is 0 Å². The molecule has 0 aliphatic heterocycles. The highest BCUT2D eigenvalue weighted by molar-refractivity contribution is 5.44. The Labute approximate surface area is 128 Å². The molecule has 0 radical (unpaired) electrons. The van der Waals surface area contributed by atoms with Crippen molar-refractivity contribution in [3.8, 4) is 0 Å². The number of nitrogens with one attached hydrogen (secondary N) is 2. The van der Waals surface area contributed by atoms with Gasteiger partial charge in [0, 0.05) is 31.1 Å². The Kier molecular flexibility index (Phi) is 4.18. The molecule has 1 heterocycles. The van der Waals surface area contributed by atoms with E-state index in [1.165, 1.54) is 12.1 Å². The van der Waals surface area contributed by atoms with Crippen molar-refractivity contribution in [1.82, 2.24) is 9.97 Å². The summed E-state index contributed by atoms with van der Waals surface area (Å²) < 4.78 is 26.4. The van der Waals surface area contributed by atoms with Crippen LogP contribution in [0.25, 0.3) is 0 Å². The van der Waals surface area contributed by atoms with Crippen LogP contribution in [-0.4, -0.2) is 16.5 Å². The molecule has 0 unspecified atom stereocenters. The summed E-state index contributed by atoms with van der Waals surface area (Å²) in [5, 5.41) is 6.22. The molecule has 1 saturated carbocycles. The molecule has 1 fully saturated rings. The first-order valence-corrected chi connectivity index (χ1v) is 7.45. The Balaban J connectivity index is 1.75. The standard InChI is InChI=1S/C16H18F2N4/c1-2-19-16-21-14(11-3-4-11)8-15(22-16)20-9-10-5-12(17)7-13(18)6-10/h5-8,11H,2-4,9H2,1H3,(H2,19,20,21,22). The first kappa shape index (κ1) is 14.7. The number of aromatic nitrogens is 2. The zero-order chi connectivity index (χ0) is 15.5. The lowest BCUT2D eigenvalue weighted by Gasteiger charge is -2.10. The molecule has 22 heavy (non-hydrogen) atoms. The predicted molar refractivity (Wildman–Crippen MR) is 81.9 cm³/mol. The van der Waals surface area contributed by atoms with Crippen LogP contribution in [0.4, 0.5) is 20.5 Å². The quantitative estimate of drug-likeness (QED) is 0.855. The molecule has 1 aromatic heterocycles. The van der Waals surface area contributed by atoms with Crippen LogP contribution in [0.1, 0.15) is 36.9 Å². The highest BCUT2D eigenvalue weighted by Crippen LogP contribution is 2.39. The van der Waals surface area contributed by atoms with Crippen LogP contribution in [0.5, 0.6) is 0 Å². The van der Waals surface area contributed by atoms with E-state index in [0.717, 1.165) is 31.1 Å². The van der Waals surface area contributed by atoms with Gasteiger partial charge in [0.2, 0.25) is 5.95 Å². The summed E-state index contributed by atoms with van der Waals surface area (Å²) in [6.45, 7) is 3.03. The Bertz CT molecular complexity index is 651. The minimum Gasteiger partial charge on any atom is -0.366 e. The van der Waals surface area contributed by atoms with Crippen LogP contribution in [0.15, 0.2) is 24.3 Å². The maximum Gasteiger partial charge on any atom is 0.224 e. The molecule has 3 rings (SSSR count). The molecule has 116 valence electrons. The topological polar surface area (TPSA) is 49.8 Å². The van der Waals surface area contributed by atoms with Crippen LogP contribution in [-0.2, 0) is 6.54 Å². The van der Waals surface area contributed by atoms with Gasteiger partial charge >= 0.3 is 0 Å². The predicted octanol–water partition coefficient (Wildman–Crippen LogP) is 3.68. The molecule has 2 aromatic rings. The lowest BCUT2D eigenvalue weighted by Crippen LogP contribution is -2.08. The second kappa shape index (κ2) is 6.25. The average Bonchev–Trinajstić information content (AvgIpc) is 3.29. The van der Waals surface area contributed by atoms with Crippen molar-refractivity contribution >= 4 is 11.8 Å². The molecule has 1 aromatic carbocycles. The van der Waals surface area contributed by atoms with Gasteiger partial charge in [-0.15, -0.1) is 0 Å². The number of hydrogen-bond acceptors (Lipinski definition) is 4. The Morgan fingerprint density at radius 2 is 1.77 bits per heavy atom. The van der Waals surface area contributed by atoms with Gasteiger partial charge < -0.3 is 10.6 Å². The fourth-order valence-corrected chi connectivity index (χ4v) is 2.29. The van der Waals surface area contributed by atoms with E-state index in [9.17, 15) is 8.78 Å². The third-order valence-corrected chi connectivity index (χ3v) is 3.47. The van der Waals surface area contributed by atoms with Crippen LogP contribution in [0.3, 0.4) is 0 Å². The minimum absolute atomic E-state index is 0.307. The maximum absolute atomic E-state index is 13.2. The summed E-state index contributed by atoms with van der Waals surface area (Å²) >= 11 is 0. The van der Waals surface area contributed by atoms with Crippen molar-refractivity contribution in [2.75, 3.05) is 17.2 Å². The number of benzene rings is 1. The van der Waals surface area contributed by atoms with Crippen molar-refractivity contribution < 1.29 is 8.78 Å². The monoisotopic (exact) mass is 304 g/mol. The third kappa shape index (κ3) is 3.69. The summed E-state index contributed by atoms with van der Waals surface area (Å²) in [5.74, 6) is 0.600. The van der Waals surface area contributed by atoms with Crippen molar-refractivity contribution in [1.29, 1.82) is 0 Å². The molecule has 6 heteroatoms. The van der Waals surface area contributed by atoms with E-state index in [1.54, 1.807) is 0 Å². The van der Waals surface area contributed by atoms with Crippen molar-refractivity contribution in [2.45, 2.75) is 32.2 Å². The first-order chi connectivity index (χ1) is 10.6. The van der Waals surface area contributed by atoms with Gasteiger partial charge in [0.25, 0.3) is 0 Å². The fourth-order valence-electron chi connectivity index (χ4n) is 2.29. The average molecular weight is 304 g/mol. The van der Waals surface area contributed by atoms with E-state index in [1.807, 2.05) is 13.0 Å². The molecule has 0 atom stereocenters. The van der Waals surface area contributed by atoms with Gasteiger partial charge in [0.15, 0.2) is 0 Å². The lowest BCUT2D eigenvalue weighted by atomic mass is 10.2. The summed E-state index contributed by atoms with van der Waals surface area (Å²) in [5.41, 5.74) is 1.55. The summed E-state index contributed by atoms with van der Waals surface area (Å²) in [6, 6.07) is 5.39. The highest BCUT2D eigenvalue weighted by Gasteiger charge is 2.26. The molecule has 4 nitrogen and oxygen atoms in total. The maximum atomic E-state index is 13.2. The van der Waals surface area contributed by atoms with Gasteiger partial charge in [-0.3, -0.25) is 0 Å². The number of nitrogens with zero attached hydrogens (tertiary/aromatic N) is 2. The highest BCUT2D eigenvalue weighted by atomic mass is 19.1. The Morgan fingerprint density at radius 3 is 2.41 bits per heavy atom. The Morgan fingerprint density at radius 1 is 1.05 bits per heavy atom. The van der Waals surface area contributed by atoms with Gasteiger partial charge in [0.1, 0.15) is 17.5 Å².